The molecule has 9 heteroatoms. The molecular weight excluding hydrogens is 373 g/mol. The average Bonchev–Trinajstić information content (AvgIpc) is 3.11. The molecule has 1 aromatic rings. The van der Waals surface area contributed by atoms with Gasteiger partial charge in [-0.3, -0.25) is 4.79 Å². The standard InChI is InChI=1S/C15H19Cl2N3O3S/c16-12-1-2-13(17)14(9-12)24(22,23)20-7-5-19(6-8-20)15(21)11-3-4-18-10-11/h1-2,9,11,18H,3-8,10H2. The Hall–Kier alpha value is -0.860. The van der Waals surface area contributed by atoms with Crippen molar-refractivity contribution in [3.8, 4) is 0 Å². The summed E-state index contributed by atoms with van der Waals surface area (Å²) in [6.07, 6.45) is 0.843. The minimum atomic E-state index is -3.72. The van der Waals surface area contributed by atoms with E-state index in [4.69, 9.17) is 23.2 Å². The van der Waals surface area contributed by atoms with E-state index in [-0.39, 0.29) is 34.8 Å². The smallest absolute Gasteiger partial charge is 0.244 e. The fourth-order valence-electron chi connectivity index (χ4n) is 3.09. The Labute approximate surface area is 151 Å². The molecular formula is C15H19Cl2N3O3S. The van der Waals surface area contributed by atoms with Crippen molar-refractivity contribution in [1.82, 2.24) is 14.5 Å². The van der Waals surface area contributed by atoms with Crippen molar-refractivity contribution in [1.29, 1.82) is 0 Å². The lowest BCUT2D eigenvalue weighted by Crippen LogP contribution is -2.52. The molecule has 2 aliphatic heterocycles. The third kappa shape index (κ3) is 3.55. The zero-order valence-electron chi connectivity index (χ0n) is 13.0. The van der Waals surface area contributed by atoms with Gasteiger partial charge in [-0.15, -0.1) is 0 Å². The maximum atomic E-state index is 12.8. The number of rotatable bonds is 3. The second kappa shape index (κ2) is 7.17. The van der Waals surface area contributed by atoms with Crippen molar-refractivity contribution in [2.45, 2.75) is 11.3 Å². The third-order valence-corrected chi connectivity index (χ3v) is 7.09. The summed E-state index contributed by atoms with van der Waals surface area (Å²) < 4.78 is 26.9. The van der Waals surface area contributed by atoms with E-state index in [1.165, 1.54) is 16.4 Å². The molecule has 2 heterocycles. The van der Waals surface area contributed by atoms with Gasteiger partial charge in [0.15, 0.2) is 0 Å². The molecule has 0 spiro atoms. The predicted molar refractivity (Wildman–Crippen MR) is 92.8 cm³/mol. The Morgan fingerprint density at radius 3 is 2.50 bits per heavy atom. The van der Waals surface area contributed by atoms with Crippen LogP contribution in [0, 0.1) is 5.92 Å². The highest BCUT2D eigenvalue weighted by Crippen LogP contribution is 2.28. The van der Waals surface area contributed by atoms with Gasteiger partial charge in [-0.2, -0.15) is 4.31 Å². The van der Waals surface area contributed by atoms with Crippen LogP contribution in [0.4, 0.5) is 0 Å². The molecule has 0 aromatic heterocycles. The van der Waals surface area contributed by atoms with E-state index < -0.39 is 10.0 Å². The number of carbonyl (C=O) groups is 1. The van der Waals surface area contributed by atoms with Crippen molar-refractivity contribution in [2.24, 2.45) is 5.92 Å². The van der Waals surface area contributed by atoms with Gasteiger partial charge >= 0.3 is 0 Å². The Morgan fingerprint density at radius 1 is 1.17 bits per heavy atom. The monoisotopic (exact) mass is 391 g/mol. The van der Waals surface area contributed by atoms with Crippen molar-refractivity contribution in [3.63, 3.8) is 0 Å². The minimum absolute atomic E-state index is 0.00975. The van der Waals surface area contributed by atoms with Gasteiger partial charge in [0.25, 0.3) is 0 Å². The summed E-state index contributed by atoms with van der Waals surface area (Å²) in [4.78, 5) is 14.2. The van der Waals surface area contributed by atoms with Gasteiger partial charge in [0, 0.05) is 37.7 Å². The third-order valence-electron chi connectivity index (χ3n) is 4.47. The van der Waals surface area contributed by atoms with Gasteiger partial charge in [-0.05, 0) is 31.2 Å². The number of nitrogens with one attached hydrogen (secondary N) is 1. The van der Waals surface area contributed by atoms with Crippen LogP contribution in [0.5, 0.6) is 0 Å². The summed E-state index contributed by atoms with van der Waals surface area (Å²) in [5, 5.41) is 3.65. The van der Waals surface area contributed by atoms with Gasteiger partial charge in [0.1, 0.15) is 4.90 Å². The second-order valence-corrected chi connectivity index (χ2v) is 8.74. The quantitative estimate of drug-likeness (QED) is 0.845. The Morgan fingerprint density at radius 2 is 1.88 bits per heavy atom. The number of hydrogen-bond acceptors (Lipinski definition) is 4. The summed E-state index contributed by atoms with van der Waals surface area (Å²) in [5.41, 5.74) is 0. The van der Waals surface area contributed by atoms with Crippen molar-refractivity contribution in [3.05, 3.63) is 28.2 Å². The van der Waals surface area contributed by atoms with E-state index >= 15 is 0 Å². The molecule has 1 unspecified atom stereocenters. The molecule has 24 heavy (non-hydrogen) atoms. The number of piperazine rings is 1. The lowest BCUT2D eigenvalue weighted by atomic mass is 10.1. The van der Waals surface area contributed by atoms with Crippen molar-refractivity contribution in [2.75, 3.05) is 39.3 Å². The molecule has 2 fully saturated rings. The van der Waals surface area contributed by atoms with Crippen LogP contribution in [0.15, 0.2) is 23.1 Å². The fraction of sp³-hybridized carbons (Fsp3) is 0.533. The van der Waals surface area contributed by atoms with E-state index in [1.807, 2.05) is 0 Å². The number of nitrogens with zero attached hydrogens (tertiary/aromatic N) is 2. The maximum absolute atomic E-state index is 12.8. The van der Waals surface area contributed by atoms with Crippen LogP contribution in [0.25, 0.3) is 0 Å². The molecule has 0 aliphatic carbocycles. The van der Waals surface area contributed by atoms with Gasteiger partial charge in [-0.1, -0.05) is 23.2 Å². The zero-order valence-corrected chi connectivity index (χ0v) is 15.4. The van der Waals surface area contributed by atoms with E-state index in [0.29, 0.717) is 24.7 Å². The van der Waals surface area contributed by atoms with Crippen LogP contribution in [-0.2, 0) is 14.8 Å². The molecule has 0 saturated carbocycles. The largest absolute Gasteiger partial charge is 0.340 e. The molecule has 1 N–H and O–H groups in total. The summed E-state index contributed by atoms with van der Waals surface area (Å²) in [7, 11) is -3.72. The fourth-order valence-corrected chi connectivity index (χ4v) is 5.25. The summed E-state index contributed by atoms with van der Waals surface area (Å²) in [6, 6.07) is 4.39. The molecule has 3 rings (SSSR count). The molecule has 2 aliphatic rings. The van der Waals surface area contributed by atoms with Crippen LogP contribution in [0.3, 0.4) is 0 Å². The molecule has 1 amide bonds. The topological polar surface area (TPSA) is 69.7 Å². The van der Waals surface area contributed by atoms with Crippen LogP contribution < -0.4 is 5.32 Å². The van der Waals surface area contributed by atoms with Gasteiger partial charge in [-0.25, -0.2) is 8.42 Å². The van der Waals surface area contributed by atoms with Gasteiger partial charge < -0.3 is 10.2 Å². The summed E-state index contributed by atoms with van der Waals surface area (Å²) in [6.45, 7) is 2.88. The van der Waals surface area contributed by atoms with E-state index in [9.17, 15) is 13.2 Å². The summed E-state index contributed by atoms with van der Waals surface area (Å²) in [5.74, 6) is 0.119. The number of halogens is 2. The van der Waals surface area contributed by atoms with E-state index in [2.05, 4.69) is 5.32 Å². The number of amides is 1. The van der Waals surface area contributed by atoms with E-state index in [1.54, 1.807) is 11.0 Å². The Kier molecular flexibility index (Phi) is 5.36. The van der Waals surface area contributed by atoms with Gasteiger partial charge in [0.2, 0.25) is 15.9 Å². The molecule has 6 nitrogen and oxygen atoms in total. The maximum Gasteiger partial charge on any atom is 0.244 e. The first-order valence-corrected chi connectivity index (χ1v) is 10.0. The normalized spacial score (nSPS) is 22.8. The molecule has 1 aromatic carbocycles. The first-order valence-electron chi connectivity index (χ1n) is 7.84. The SMILES string of the molecule is O=C(C1CCNC1)N1CCN(S(=O)(=O)c2cc(Cl)ccc2Cl)CC1. The van der Waals surface area contributed by atoms with Crippen LogP contribution >= 0.6 is 23.2 Å². The summed E-state index contributed by atoms with van der Waals surface area (Å²) >= 11 is 11.9. The first kappa shape index (κ1) is 17.9. The Balaban J connectivity index is 1.69. The zero-order chi connectivity index (χ0) is 17.3. The number of carbonyl (C=O) groups excluding carboxylic acids is 1. The van der Waals surface area contributed by atoms with E-state index in [0.717, 1.165) is 13.0 Å². The highest BCUT2D eigenvalue weighted by molar-refractivity contribution is 7.89. The van der Waals surface area contributed by atoms with Gasteiger partial charge in [0.05, 0.1) is 10.9 Å². The Bertz CT molecular complexity index is 727. The number of benzene rings is 1. The predicted octanol–water partition coefficient (Wildman–Crippen LogP) is 1.44. The number of sulfonamides is 1. The molecule has 1 atom stereocenters. The molecule has 0 bridgehead atoms. The molecule has 132 valence electrons. The van der Waals surface area contributed by atoms with Crippen LogP contribution in [-0.4, -0.2) is 62.8 Å². The minimum Gasteiger partial charge on any atom is -0.340 e. The molecule has 0 radical (unpaired) electrons. The van der Waals surface area contributed by atoms with Crippen molar-refractivity contribution < 1.29 is 13.2 Å². The lowest BCUT2D eigenvalue weighted by molar-refractivity contribution is -0.136. The van der Waals surface area contributed by atoms with Crippen molar-refractivity contribution >= 4 is 39.1 Å². The van der Waals surface area contributed by atoms with Crippen LogP contribution in [0.1, 0.15) is 6.42 Å². The highest BCUT2D eigenvalue weighted by Gasteiger charge is 2.34. The molecule has 2 saturated heterocycles. The second-order valence-electron chi connectivity index (χ2n) is 5.99. The van der Waals surface area contributed by atoms with Crippen LogP contribution in [0.2, 0.25) is 10.0 Å². The lowest BCUT2D eigenvalue weighted by Gasteiger charge is -2.35. The highest BCUT2D eigenvalue weighted by atomic mass is 35.5. The number of hydrogen-bond donors (Lipinski definition) is 1. The first-order chi connectivity index (χ1) is 11.4. The average molecular weight is 392 g/mol.